The van der Waals surface area contributed by atoms with Crippen molar-refractivity contribution in [1.82, 2.24) is 20.0 Å². The Morgan fingerprint density at radius 1 is 0.909 bits per heavy atom. The van der Waals surface area contributed by atoms with Crippen LogP contribution in [-0.4, -0.2) is 70.5 Å². The maximum absolute atomic E-state index is 13.0. The fraction of sp³-hybridized carbons (Fsp3) is 0.516. The van der Waals surface area contributed by atoms with Crippen LogP contribution in [0.1, 0.15) is 46.5 Å². The number of rotatable bonds is 13. The molecule has 0 atom stereocenters. The third kappa shape index (κ3) is 9.33. The lowest BCUT2D eigenvalue weighted by molar-refractivity contribution is 0.0530. The summed E-state index contributed by atoms with van der Waals surface area (Å²) in [6.07, 6.45) is 3.31. The maximum Gasteiger partial charge on any atom is 0.407 e. The zero-order valence-corrected chi connectivity index (χ0v) is 26.9. The lowest BCUT2D eigenvalue weighted by Gasteiger charge is -2.28. The fourth-order valence-electron chi connectivity index (χ4n) is 5.12. The first kappa shape index (κ1) is 33.1. The van der Waals surface area contributed by atoms with Gasteiger partial charge >= 0.3 is 6.09 Å². The predicted molar refractivity (Wildman–Crippen MR) is 171 cm³/mol. The molecule has 3 aromatic rings. The molecule has 44 heavy (non-hydrogen) atoms. The van der Waals surface area contributed by atoms with Crippen LogP contribution in [0.15, 0.2) is 47.4 Å². The van der Waals surface area contributed by atoms with E-state index < -0.39 is 21.7 Å². The first-order valence-corrected chi connectivity index (χ1v) is 16.4. The van der Waals surface area contributed by atoms with Crippen molar-refractivity contribution < 1.29 is 27.4 Å². The van der Waals surface area contributed by atoms with Crippen molar-refractivity contribution in [3.63, 3.8) is 0 Å². The Kier molecular flexibility index (Phi) is 11.1. The van der Waals surface area contributed by atoms with Gasteiger partial charge in [0.1, 0.15) is 27.8 Å². The summed E-state index contributed by atoms with van der Waals surface area (Å²) in [6.45, 7) is 7.41. The van der Waals surface area contributed by atoms with E-state index in [0.29, 0.717) is 43.1 Å². The standard InChI is InChI=1S/C31H44N6O6S/c1-31(2,3)43-30(38)33-17-16-32-28-24-8-6-7-9-25(24)36-29(37-28)34-19-21-10-12-22(13-11-21)20-35-44(39,40)27-18-23(41-4)14-15-26(27)42-5/h6-9,14-15,18,21-22,35H,10-13,16-17,19-20H2,1-5H3,(H,33,38)(H2,32,34,36,37)/t21-,22-. The molecule has 240 valence electrons. The minimum absolute atomic E-state index is 0.0702. The van der Waals surface area contributed by atoms with Crippen molar-refractivity contribution >= 4 is 38.8 Å². The average molecular weight is 629 g/mol. The number of ether oxygens (including phenoxy) is 3. The Balaban J connectivity index is 1.27. The summed E-state index contributed by atoms with van der Waals surface area (Å²) in [6, 6.07) is 12.5. The Morgan fingerprint density at radius 2 is 1.61 bits per heavy atom. The van der Waals surface area contributed by atoms with E-state index in [1.54, 1.807) is 12.1 Å². The van der Waals surface area contributed by atoms with E-state index >= 15 is 0 Å². The number of hydrogen-bond donors (Lipinski definition) is 4. The second-order valence-corrected chi connectivity index (χ2v) is 13.6. The topological polar surface area (TPSA) is 153 Å². The van der Waals surface area contributed by atoms with E-state index in [2.05, 4.69) is 20.7 Å². The molecule has 1 aliphatic rings. The number of carbonyl (C=O) groups is 1. The summed E-state index contributed by atoms with van der Waals surface area (Å²) in [7, 11) is -0.811. The van der Waals surface area contributed by atoms with Crippen molar-refractivity contribution in [3.8, 4) is 11.5 Å². The molecule has 1 amide bonds. The lowest BCUT2D eigenvalue weighted by Crippen LogP contribution is -2.35. The molecule has 1 fully saturated rings. The molecule has 0 radical (unpaired) electrons. The van der Waals surface area contributed by atoms with Gasteiger partial charge in [0.2, 0.25) is 16.0 Å². The van der Waals surface area contributed by atoms with Crippen LogP contribution in [0.2, 0.25) is 0 Å². The number of alkyl carbamates (subject to hydrolysis) is 1. The largest absolute Gasteiger partial charge is 0.497 e. The third-order valence-corrected chi connectivity index (χ3v) is 8.87. The molecule has 0 aliphatic heterocycles. The molecule has 0 unspecified atom stereocenters. The van der Waals surface area contributed by atoms with Crippen LogP contribution in [0.5, 0.6) is 11.5 Å². The van der Waals surface area contributed by atoms with E-state index in [1.807, 2.05) is 45.0 Å². The molecule has 13 heteroatoms. The minimum atomic E-state index is -3.75. The number of aromatic nitrogens is 2. The number of hydrogen-bond acceptors (Lipinski definition) is 10. The molecule has 0 saturated heterocycles. The molecule has 0 bridgehead atoms. The Bertz CT molecular complexity index is 1520. The number of benzene rings is 2. The molecule has 12 nitrogen and oxygen atoms in total. The van der Waals surface area contributed by atoms with Gasteiger partial charge in [0.15, 0.2) is 0 Å². The number of amides is 1. The SMILES string of the molecule is COc1ccc(OC)c(S(=O)(=O)NC[C@H]2CC[C@H](CNc3nc(NCCNC(=O)OC(C)(C)C)c4ccccc4n3)CC2)c1. The van der Waals surface area contributed by atoms with E-state index in [9.17, 15) is 13.2 Å². The summed E-state index contributed by atoms with van der Waals surface area (Å²) in [5.41, 5.74) is 0.264. The fourth-order valence-corrected chi connectivity index (χ4v) is 6.42. The van der Waals surface area contributed by atoms with Crippen molar-refractivity contribution in [2.75, 3.05) is 51.0 Å². The van der Waals surface area contributed by atoms with Crippen LogP contribution in [0.4, 0.5) is 16.6 Å². The smallest absolute Gasteiger partial charge is 0.407 e. The highest BCUT2D eigenvalue weighted by molar-refractivity contribution is 7.89. The summed E-state index contributed by atoms with van der Waals surface area (Å²) in [4.78, 5) is 21.4. The molecule has 1 aliphatic carbocycles. The molecule has 4 rings (SSSR count). The van der Waals surface area contributed by atoms with Crippen LogP contribution >= 0.6 is 0 Å². The zero-order chi connectivity index (χ0) is 31.7. The van der Waals surface area contributed by atoms with Gasteiger partial charge in [0.05, 0.1) is 19.7 Å². The molecule has 4 N–H and O–H groups in total. The second kappa shape index (κ2) is 14.8. The molecule has 1 saturated carbocycles. The van der Waals surface area contributed by atoms with E-state index in [1.165, 1.54) is 20.3 Å². The highest BCUT2D eigenvalue weighted by Crippen LogP contribution is 2.31. The number of sulfonamides is 1. The average Bonchev–Trinajstić information content (AvgIpc) is 3.00. The number of nitrogens with zero attached hydrogens (tertiary/aromatic N) is 2. The number of para-hydroxylation sites is 1. The quantitative estimate of drug-likeness (QED) is 0.195. The Labute approximate surface area is 259 Å². The van der Waals surface area contributed by atoms with E-state index in [4.69, 9.17) is 24.2 Å². The van der Waals surface area contributed by atoms with Crippen LogP contribution < -0.4 is 30.1 Å². The van der Waals surface area contributed by atoms with Crippen molar-refractivity contribution in [3.05, 3.63) is 42.5 Å². The van der Waals surface area contributed by atoms with E-state index in [-0.39, 0.29) is 16.6 Å². The molecular formula is C31H44N6O6S. The Morgan fingerprint density at radius 3 is 2.30 bits per heavy atom. The monoisotopic (exact) mass is 628 g/mol. The summed E-state index contributed by atoms with van der Waals surface area (Å²) < 4.78 is 44.6. The van der Waals surface area contributed by atoms with Gasteiger partial charge in [-0.2, -0.15) is 4.98 Å². The maximum atomic E-state index is 13.0. The van der Waals surface area contributed by atoms with Crippen LogP contribution in [-0.2, 0) is 14.8 Å². The second-order valence-electron chi connectivity index (χ2n) is 11.9. The number of fused-ring (bicyclic) bond motifs is 1. The molecule has 1 aromatic heterocycles. The highest BCUT2D eigenvalue weighted by Gasteiger charge is 2.25. The molecule has 1 heterocycles. The lowest BCUT2D eigenvalue weighted by atomic mass is 9.82. The van der Waals surface area contributed by atoms with Gasteiger partial charge in [-0.15, -0.1) is 0 Å². The number of methoxy groups -OCH3 is 2. The van der Waals surface area contributed by atoms with Crippen LogP contribution in [0.25, 0.3) is 10.9 Å². The van der Waals surface area contributed by atoms with Gasteiger partial charge < -0.3 is 30.2 Å². The number of nitrogens with one attached hydrogen (secondary N) is 4. The first-order chi connectivity index (χ1) is 21.0. The van der Waals surface area contributed by atoms with Crippen molar-refractivity contribution in [2.24, 2.45) is 11.8 Å². The van der Waals surface area contributed by atoms with Gasteiger partial charge in [-0.25, -0.2) is 22.9 Å². The van der Waals surface area contributed by atoms with Gasteiger partial charge in [-0.1, -0.05) is 12.1 Å². The molecule has 2 aromatic carbocycles. The first-order valence-electron chi connectivity index (χ1n) is 14.9. The van der Waals surface area contributed by atoms with E-state index in [0.717, 1.165) is 43.1 Å². The number of anilines is 2. The highest BCUT2D eigenvalue weighted by atomic mass is 32.2. The minimum Gasteiger partial charge on any atom is -0.497 e. The summed E-state index contributed by atoms with van der Waals surface area (Å²) >= 11 is 0. The molecule has 0 spiro atoms. The molecular weight excluding hydrogens is 584 g/mol. The predicted octanol–water partition coefficient (Wildman–Crippen LogP) is 4.78. The van der Waals surface area contributed by atoms with Crippen LogP contribution in [0.3, 0.4) is 0 Å². The van der Waals surface area contributed by atoms with Gasteiger partial charge in [-0.3, -0.25) is 0 Å². The van der Waals surface area contributed by atoms with Crippen LogP contribution in [0, 0.1) is 11.8 Å². The zero-order valence-electron chi connectivity index (χ0n) is 26.1. The Hall–Kier alpha value is -3.84. The van der Waals surface area contributed by atoms with Gasteiger partial charge in [0, 0.05) is 37.6 Å². The normalized spacial score (nSPS) is 17.1. The van der Waals surface area contributed by atoms with Crippen molar-refractivity contribution in [1.29, 1.82) is 0 Å². The van der Waals surface area contributed by atoms with Gasteiger partial charge in [0.25, 0.3) is 0 Å². The summed E-state index contributed by atoms with van der Waals surface area (Å²) in [5.74, 6) is 2.62. The number of carbonyl (C=O) groups excluding carboxylic acids is 1. The summed E-state index contributed by atoms with van der Waals surface area (Å²) in [5, 5.41) is 10.4. The van der Waals surface area contributed by atoms with Gasteiger partial charge in [-0.05, 0) is 82.6 Å². The van der Waals surface area contributed by atoms with Crippen molar-refractivity contribution in [2.45, 2.75) is 57.0 Å². The third-order valence-electron chi connectivity index (χ3n) is 7.43.